The van der Waals surface area contributed by atoms with Crippen LogP contribution in [0.5, 0.6) is 0 Å². The first-order valence-corrected chi connectivity index (χ1v) is 9.81. The van der Waals surface area contributed by atoms with Crippen LogP contribution in [0.4, 0.5) is 0 Å². The third-order valence-electron chi connectivity index (χ3n) is 3.40. The van der Waals surface area contributed by atoms with Crippen LogP contribution in [0.3, 0.4) is 0 Å². The second-order valence-electron chi connectivity index (χ2n) is 5.39. The van der Waals surface area contributed by atoms with E-state index < -0.39 is 0 Å². The molecule has 0 aliphatic carbocycles. The average molecular weight is 346 g/mol. The van der Waals surface area contributed by atoms with E-state index in [1.807, 2.05) is 25.1 Å². The molecule has 0 aromatic heterocycles. The second-order valence-corrected chi connectivity index (χ2v) is 7.89. The lowest BCUT2D eigenvalue weighted by molar-refractivity contribution is -0.120. The molecule has 0 saturated carbocycles. The quantitative estimate of drug-likeness (QED) is 0.563. The fourth-order valence-electron chi connectivity index (χ4n) is 1.99. The predicted molar refractivity (Wildman–Crippen MR) is 102 cm³/mol. The van der Waals surface area contributed by atoms with Crippen molar-refractivity contribution in [3.63, 3.8) is 0 Å². The van der Waals surface area contributed by atoms with Crippen LogP contribution in [0.1, 0.15) is 18.1 Å². The lowest BCUT2D eigenvalue weighted by Gasteiger charge is -2.12. The molecule has 0 spiro atoms. The average Bonchev–Trinajstić information content (AvgIpc) is 2.59. The summed E-state index contributed by atoms with van der Waals surface area (Å²) in [6.45, 7) is 4.76. The standard InChI is InChI=1S/C19H23NOS2/c1-15-8-10-18(11-9-15)22-13-12-20-19(21)16(2)23-14-17-6-4-3-5-7-17/h3-11,16H,12-14H2,1-2H3,(H,20,21)/t16-/m1/s1. The molecule has 1 amide bonds. The van der Waals surface area contributed by atoms with Crippen molar-refractivity contribution in [2.45, 2.75) is 29.7 Å². The summed E-state index contributed by atoms with van der Waals surface area (Å²) in [6.07, 6.45) is 0. The predicted octanol–water partition coefficient (Wildman–Crippen LogP) is 4.53. The summed E-state index contributed by atoms with van der Waals surface area (Å²) >= 11 is 3.45. The number of benzene rings is 2. The van der Waals surface area contributed by atoms with E-state index in [1.165, 1.54) is 16.0 Å². The van der Waals surface area contributed by atoms with Crippen LogP contribution in [0.15, 0.2) is 59.5 Å². The maximum atomic E-state index is 12.1. The summed E-state index contributed by atoms with van der Waals surface area (Å²) in [4.78, 5) is 13.3. The van der Waals surface area contributed by atoms with E-state index in [1.54, 1.807) is 23.5 Å². The maximum Gasteiger partial charge on any atom is 0.232 e. The van der Waals surface area contributed by atoms with Crippen LogP contribution in [0.2, 0.25) is 0 Å². The molecule has 0 radical (unpaired) electrons. The molecule has 2 aromatic carbocycles. The van der Waals surface area contributed by atoms with E-state index in [2.05, 4.69) is 48.6 Å². The minimum absolute atomic E-state index is 0.0282. The first-order valence-electron chi connectivity index (χ1n) is 7.78. The van der Waals surface area contributed by atoms with Crippen LogP contribution >= 0.6 is 23.5 Å². The number of hydrogen-bond acceptors (Lipinski definition) is 3. The Hall–Kier alpha value is -1.39. The number of thioether (sulfide) groups is 2. The van der Waals surface area contributed by atoms with Gasteiger partial charge in [0.25, 0.3) is 0 Å². The van der Waals surface area contributed by atoms with Gasteiger partial charge in [0, 0.05) is 22.9 Å². The molecule has 2 rings (SSSR count). The van der Waals surface area contributed by atoms with Gasteiger partial charge in [-0.15, -0.1) is 23.5 Å². The third-order valence-corrected chi connectivity index (χ3v) is 5.63. The molecule has 0 heterocycles. The number of hydrogen-bond donors (Lipinski definition) is 1. The van der Waals surface area contributed by atoms with Gasteiger partial charge in [0.2, 0.25) is 5.91 Å². The van der Waals surface area contributed by atoms with Gasteiger partial charge in [0.1, 0.15) is 0 Å². The molecular formula is C19H23NOS2. The van der Waals surface area contributed by atoms with Crippen molar-refractivity contribution in [2.24, 2.45) is 0 Å². The van der Waals surface area contributed by atoms with Gasteiger partial charge in [-0.25, -0.2) is 0 Å². The van der Waals surface area contributed by atoms with Crippen molar-refractivity contribution in [2.75, 3.05) is 12.3 Å². The van der Waals surface area contributed by atoms with Gasteiger partial charge in [-0.1, -0.05) is 48.0 Å². The molecule has 23 heavy (non-hydrogen) atoms. The van der Waals surface area contributed by atoms with Crippen molar-refractivity contribution >= 4 is 29.4 Å². The Morgan fingerprint density at radius 2 is 1.78 bits per heavy atom. The summed E-state index contributed by atoms with van der Waals surface area (Å²) in [5, 5.41) is 2.99. The molecule has 0 fully saturated rings. The topological polar surface area (TPSA) is 29.1 Å². The second kappa shape index (κ2) is 9.68. The Balaban J connectivity index is 1.63. The number of aryl methyl sites for hydroxylation is 1. The molecule has 0 unspecified atom stereocenters. The van der Waals surface area contributed by atoms with Gasteiger partial charge in [-0.3, -0.25) is 4.79 Å². The minimum atomic E-state index is -0.0282. The molecule has 0 aliphatic rings. The molecule has 0 aliphatic heterocycles. The molecule has 0 bridgehead atoms. The van der Waals surface area contributed by atoms with Crippen molar-refractivity contribution < 1.29 is 4.79 Å². The highest BCUT2D eigenvalue weighted by molar-refractivity contribution is 7.99. The van der Waals surface area contributed by atoms with E-state index >= 15 is 0 Å². The Bertz CT molecular complexity index is 599. The van der Waals surface area contributed by atoms with Crippen LogP contribution in [-0.4, -0.2) is 23.5 Å². The van der Waals surface area contributed by atoms with Gasteiger partial charge in [-0.2, -0.15) is 0 Å². The van der Waals surface area contributed by atoms with E-state index in [4.69, 9.17) is 0 Å². The monoisotopic (exact) mass is 345 g/mol. The molecule has 1 N–H and O–H groups in total. The fourth-order valence-corrected chi connectivity index (χ4v) is 3.63. The third kappa shape index (κ3) is 6.71. The largest absolute Gasteiger partial charge is 0.354 e. The van der Waals surface area contributed by atoms with E-state index in [0.717, 1.165) is 11.5 Å². The Kier molecular flexibility index (Phi) is 7.56. The van der Waals surface area contributed by atoms with Crippen molar-refractivity contribution in [1.29, 1.82) is 0 Å². The van der Waals surface area contributed by atoms with E-state index in [9.17, 15) is 4.79 Å². The molecule has 0 saturated heterocycles. The van der Waals surface area contributed by atoms with E-state index in [-0.39, 0.29) is 11.2 Å². The molecule has 4 heteroatoms. The molecule has 122 valence electrons. The van der Waals surface area contributed by atoms with Gasteiger partial charge >= 0.3 is 0 Å². The fraction of sp³-hybridized carbons (Fsp3) is 0.316. The zero-order valence-electron chi connectivity index (χ0n) is 13.6. The van der Waals surface area contributed by atoms with Crippen molar-refractivity contribution in [1.82, 2.24) is 5.32 Å². The van der Waals surface area contributed by atoms with E-state index in [0.29, 0.717) is 6.54 Å². The summed E-state index contributed by atoms with van der Waals surface area (Å²) in [7, 11) is 0. The van der Waals surface area contributed by atoms with Gasteiger partial charge in [0.15, 0.2) is 0 Å². The minimum Gasteiger partial charge on any atom is -0.354 e. The Morgan fingerprint density at radius 3 is 2.48 bits per heavy atom. The smallest absolute Gasteiger partial charge is 0.232 e. The molecule has 1 atom stereocenters. The number of amides is 1. The molecule has 2 nitrogen and oxygen atoms in total. The van der Waals surface area contributed by atoms with Gasteiger partial charge < -0.3 is 5.32 Å². The van der Waals surface area contributed by atoms with Crippen molar-refractivity contribution in [3.8, 4) is 0 Å². The lowest BCUT2D eigenvalue weighted by atomic mass is 10.2. The summed E-state index contributed by atoms with van der Waals surface area (Å²) < 4.78 is 0. The molecule has 2 aromatic rings. The normalized spacial score (nSPS) is 11.9. The zero-order chi connectivity index (χ0) is 16.5. The highest BCUT2D eigenvalue weighted by Crippen LogP contribution is 2.19. The number of nitrogens with one attached hydrogen (secondary N) is 1. The SMILES string of the molecule is Cc1ccc(SCCNC(=O)[C@@H](C)SCc2ccccc2)cc1. The van der Waals surface area contributed by atoms with Gasteiger partial charge in [-0.05, 0) is 31.5 Å². The first-order chi connectivity index (χ1) is 11.1. The zero-order valence-corrected chi connectivity index (χ0v) is 15.3. The Labute approximate surface area is 147 Å². The highest BCUT2D eigenvalue weighted by Gasteiger charge is 2.12. The van der Waals surface area contributed by atoms with Crippen LogP contribution < -0.4 is 5.32 Å². The lowest BCUT2D eigenvalue weighted by Crippen LogP contribution is -2.32. The first kappa shape index (κ1) is 18.0. The molecular weight excluding hydrogens is 322 g/mol. The van der Waals surface area contributed by atoms with Crippen molar-refractivity contribution in [3.05, 3.63) is 65.7 Å². The number of carbonyl (C=O) groups excluding carboxylic acids is 1. The van der Waals surface area contributed by atoms with Crippen LogP contribution in [0.25, 0.3) is 0 Å². The Morgan fingerprint density at radius 1 is 1.09 bits per heavy atom. The van der Waals surface area contributed by atoms with Crippen LogP contribution in [-0.2, 0) is 10.5 Å². The number of carbonyl (C=O) groups is 1. The van der Waals surface area contributed by atoms with Crippen LogP contribution in [0, 0.1) is 6.92 Å². The maximum absolute atomic E-state index is 12.1. The summed E-state index contributed by atoms with van der Waals surface area (Å²) in [6, 6.07) is 18.7. The highest BCUT2D eigenvalue weighted by atomic mass is 32.2. The van der Waals surface area contributed by atoms with Gasteiger partial charge in [0.05, 0.1) is 5.25 Å². The summed E-state index contributed by atoms with van der Waals surface area (Å²) in [5.74, 6) is 1.88. The number of rotatable bonds is 8. The summed E-state index contributed by atoms with van der Waals surface area (Å²) in [5.41, 5.74) is 2.53.